The standard InChI is InChI=1S/C17H23NO4/c1-2-14(17(19)18-12-6-4-3-5-7-12)22-13-8-9-15-16(10-13)21-11-20-15/h8-10,12,14H,2-7,11H2,1H3,(H,18,19)/t14-/m0/s1. The third kappa shape index (κ3) is 3.46. The number of ether oxygens (including phenoxy) is 3. The van der Waals surface area contributed by atoms with E-state index in [0.29, 0.717) is 29.7 Å². The Hall–Kier alpha value is -1.91. The molecule has 1 amide bonds. The molecule has 1 aromatic rings. The molecule has 5 heteroatoms. The molecule has 0 saturated heterocycles. The van der Waals surface area contributed by atoms with Crippen molar-refractivity contribution in [1.29, 1.82) is 0 Å². The number of benzene rings is 1. The zero-order valence-corrected chi connectivity index (χ0v) is 13.0. The van der Waals surface area contributed by atoms with Crippen LogP contribution in [0.5, 0.6) is 17.2 Å². The molecular formula is C17H23NO4. The Morgan fingerprint density at radius 1 is 1.27 bits per heavy atom. The monoisotopic (exact) mass is 305 g/mol. The van der Waals surface area contributed by atoms with Gasteiger partial charge in [0.1, 0.15) is 5.75 Å². The topological polar surface area (TPSA) is 56.8 Å². The molecule has 1 atom stereocenters. The minimum atomic E-state index is -0.470. The van der Waals surface area contributed by atoms with E-state index in [-0.39, 0.29) is 12.7 Å². The third-order valence-electron chi connectivity index (χ3n) is 4.24. The Balaban J connectivity index is 1.59. The minimum absolute atomic E-state index is 0.0212. The second-order valence-electron chi connectivity index (χ2n) is 5.87. The van der Waals surface area contributed by atoms with E-state index in [0.717, 1.165) is 12.8 Å². The fourth-order valence-electron chi connectivity index (χ4n) is 2.98. The summed E-state index contributed by atoms with van der Waals surface area (Å²) in [6.45, 7) is 2.19. The lowest BCUT2D eigenvalue weighted by atomic mass is 9.95. The van der Waals surface area contributed by atoms with Gasteiger partial charge in [-0.15, -0.1) is 0 Å². The molecule has 22 heavy (non-hydrogen) atoms. The van der Waals surface area contributed by atoms with Crippen molar-refractivity contribution < 1.29 is 19.0 Å². The van der Waals surface area contributed by atoms with E-state index in [9.17, 15) is 4.79 Å². The highest BCUT2D eigenvalue weighted by molar-refractivity contribution is 5.81. The van der Waals surface area contributed by atoms with Crippen LogP contribution in [0.3, 0.4) is 0 Å². The fraction of sp³-hybridized carbons (Fsp3) is 0.588. The fourth-order valence-corrected chi connectivity index (χ4v) is 2.98. The van der Waals surface area contributed by atoms with Crippen molar-refractivity contribution in [1.82, 2.24) is 5.32 Å². The molecule has 0 radical (unpaired) electrons. The molecule has 2 aliphatic rings. The first-order valence-electron chi connectivity index (χ1n) is 8.13. The number of rotatable bonds is 5. The smallest absolute Gasteiger partial charge is 0.261 e. The Morgan fingerprint density at radius 2 is 2.05 bits per heavy atom. The van der Waals surface area contributed by atoms with Crippen LogP contribution in [-0.2, 0) is 4.79 Å². The summed E-state index contributed by atoms with van der Waals surface area (Å²) in [6.07, 6.45) is 5.99. The van der Waals surface area contributed by atoms with Gasteiger partial charge in [-0.2, -0.15) is 0 Å². The van der Waals surface area contributed by atoms with Crippen LogP contribution in [0.1, 0.15) is 45.4 Å². The van der Waals surface area contributed by atoms with Gasteiger partial charge in [-0.05, 0) is 31.4 Å². The van der Waals surface area contributed by atoms with Gasteiger partial charge in [-0.3, -0.25) is 4.79 Å². The molecule has 1 aliphatic heterocycles. The zero-order chi connectivity index (χ0) is 15.4. The molecule has 1 aromatic carbocycles. The van der Waals surface area contributed by atoms with Crippen LogP contribution in [0.4, 0.5) is 0 Å². The van der Waals surface area contributed by atoms with E-state index in [1.54, 1.807) is 6.07 Å². The summed E-state index contributed by atoms with van der Waals surface area (Å²) in [7, 11) is 0. The van der Waals surface area contributed by atoms with Crippen LogP contribution >= 0.6 is 0 Å². The maximum Gasteiger partial charge on any atom is 0.261 e. The van der Waals surface area contributed by atoms with Crippen molar-refractivity contribution in [2.24, 2.45) is 0 Å². The number of nitrogens with one attached hydrogen (secondary N) is 1. The largest absolute Gasteiger partial charge is 0.480 e. The lowest BCUT2D eigenvalue weighted by Crippen LogP contribution is -2.44. The molecule has 5 nitrogen and oxygen atoms in total. The third-order valence-corrected chi connectivity index (χ3v) is 4.24. The van der Waals surface area contributed by atoms with E-state index < -0.39 is 6.10 Å². The second-order valence-corrected chi connectivity index (χ2v) is 5.87. The summed E-state index contributed by atoms with van der Waals surface area (Å²) in [4.78, 5) is 12.4. The van der Waals surface area contributed by atoms with Gasteiger partial charge in [-0.25, -0.2) is 0 Å². The number of amides is 1. The maximum absolute atomic E-state index is 12.4. The summed E-state index contributed by atoms with van der Waals surface area (Å²) in [6, 6.07) is 5.70. The highest BCUT2D eigenvalue weighted by Crippen LogP contribution is 2.35. The quantitative estimate of drug-likeness (QED) is 0.908. The molecule has 120 valence electrons. The van der Waals surface area contributed by atoms with Crippen molar-refractivity contribution in [3.05, 3.63) is 18.2 Å². The number of fused-ring (bicyclic) bond motifs is 1. The van der Waals surface area contributed by atoms with E-state index >= 15 is 0 Å². The number of carbonyl (C=O) groups is 1. The molecule has 0 unspecified atom stereocenters. The van der Waals surface area contributed by atoms with Crippen LogP contribution in [-0.4, -0.2) is 24.8 Å². The lowest BCUT2D eigenvalue weighted by Gasteiger charge is -2.25. The van der Waals surface area contributed by atoms with Crippen molar-refractivity contribution in [2.75, 3.05) is 6.79 Å². The summed E-state index contributed by atoms with van der Waals surface area (Å²) in [5, 5.41) is 3.12. The average molecular weight is 305 g/mol. The Morgan fingerprint density at radius 3 is 2.82 bits per heavy atom. The van der Waals surface area contributed by atoms with Gasteiger partial charge in [0.15, 0.2) is 17.6 Å². The van der Waals surface area contributed by atoms with Crippen LogP contribution < -0.4 is 19.5 Å². The molecule has 0 bridgehead atoms. The van der Waals surface area contributed by atoms with Gasteiger partial charge in [0, 0.05) is 12.1 Å². The second kappa shape index (κ2) is 6.90. The molecule has 1 fully saturated rings. The number of hydrogen-bond acceptors (Lipinski definition) is 4. The molecule has 3 rings (SSSR count). The molecule has 1 saturated carbocycles. The van der Waals surface area contributed by atoms with Crippen molar-refractivity contribution in [3.8, 4) is 17.2 Å². The predicted octanol–water partition coefficient (Wildman–Crippen LogP) is 3.02. The Kier molecular flexibility index (Phi) is 4.71. The summed E-state index contributed by atoms with van der Waals surface area (Å²) < 4.78 is 16.5. The summed E-state index contributed by atoms with van der Waals surface area (Å²) >= 11 is 0. The van der Waals surface area contributed by atoms with E-state index in [2.05, 4.69) is 5.32 Å². The average Bonchev–Trinajstić information content (AvgIpc) is 3.01. The molecule has 0 spiro atoms. The predicted molar refractivity (Wildman–Crippen MR) is 82.3 cm³/mol. The van der Waals surface area contributed by atoms with E-state index in [1.807, 2.05) is 19.1 Å². The highest BCUT2D eigenvalue weighted by Gasteiger charge is 2.23. The van der Waals surface area contributed by atoms with Crippen LogP contribution in [0.15, 0.2) is 18.2 Å². The number of hydrogen-bond donors (Lipinski definition) is 1. The first kappa shape index (κ1) is 15.0. The molecule has 1 N–H and O–H groups in total. The van der Waals surface area contributed by atoms with Gasteiger partial charge in [0.2, 0.25) is 6.79 Å². The summed E-state index contributed by atoms with van der Waals surface area (Å²) in [5.74, 6) is 1.99. The normalized spacial score (nSPS) is 18.8. The first-order valence-corrected chi connectivity index (χ1v) is 8.13. The van der Waals surface area contributed by atoms with E-state index in [4.69, 9.17) is 14.2 Å². The molecular weight excluding hydrogens is 282 g/mol. The van der Waals surface area contributed by atoms with Crippen molar-refractivity contribution in [3.63, 3.8) is 0 Å². The van der Waals surface area contributed by atoms with Crippen molar-refractivity contribution in [2.45, 2.75) is 57.6 Å². The van der Waals surface area contributed by atoms with Crippen LogP contribution in [0.25, 0.3) is 0 Å². The highest BCUT2D eigenvalue weighted by atomic mass is 16.7. The SMILES string of the molecule is CC[C@H](Oc1ccc2c(c1)OCO2)C(=O)NC1CCCCC1. The van der Waals surface area contributed by atoms with E-state index in [1.165, 1.54) is 19.3 Å². The van der Waals surface area contributed by atoms with Gasteiger partial charge in [0.05, 0.1) is 0 Å². The first-order chi connectivity index (χ1) is 10.8. The van der Waals surface area contributed by atoms with Crippen LogP contribution in [0, 0.1) is 0 Å². The van der Waals surface area contributed by atoms with Gasteiger partial charge in [0.25, 0.3) is 5.91 Å². The zero-order valence-electron chi connectivity index (χ0n) is 13.0. The Bertz CT molecular complexity index is 525. The minimum Gasteiger partial charge on any atom is -0.480 e. The number of carbonyl (C=O) groups excluding carboxylic acids is 1. The van der Waals surface area contributed by atoms with Gasteiger partial charge >= 0.3 is 0 Å². The lowest BCUT2D eigenvalue weighted by molar-refractivity contribution is -0.129. The summed E-state index contributed by atoms with van der Waals surface area (Å²) in [5.41, 5.74) is 0. The maximum atomic E-state index is 12.4. The molecule has 1 heterocycles. The Labute approximate surface area is 130 Å². The van der Waals surface area contributed by atoms with Crippen molar-refractivity contribution >= 4 is 5.91 Å². The van der Waals surface area contributed by atoms with Gasteiger partial charge in [-0.1, -0.05) is 26.2 Å². The molecule has 0 aromatic heterocycles. The van der Waals surface area contributed by atoms with Gasteiger partial charge < -0.3 is 19.5 Å². The molecule has 1 aliphatic carbocycles. The van der Waals surface area contributed by atoms with Crippen LogP contribution in [0.2, 0.25) is 0 Å².